The summed E-state index contributed by atoms with van der Waals surface area (Å²) >= 11 is 0.796. The van der Waals surface area contributed by atoms with Crippen LogP contribution in [0.5, 0.6) is 5.75 Å². The molecule has 1 rings (SSSR count). The number of benzene rings is 1. The fraction of sp³-hybridized carbons (Fsp3) is 0.562. The molecule has 0 saturated carbocycles. The number of carbonyl (C=O) groups is 1. The monoisotopic (exact) mass is 391 g/mol. The molecule has 1 aromatic rings. The molecule has 0 spiro atoms. The number of hydroxylamine groups is 2. The zero-order valence-electron chi connectivity index (χ0n) is 14.5. The van der Waals surface area contributed by atoms with Crippen molar-refractivity contribution < 1.29 is 29.1 Å². The number of rotatable bonds is 11. The molecule has 0 radical (unpaired) electrons. The van der Waals surface area contributed by atoms with E-state index in [1.54, 1.807) is 24.3 Å². The van der Waals surface area contributed by atoms with Gasteiger partial charge in [0.15, 0.2) is 0 Å². The van der Waals surface area contributed by atoms with Crippen LogP contribution in [0.1, 0.15) is 43.2 Å². The zero-order chi connectivity index (χ0) is 18.9. The lowest BCUT2D eigenvalue weighted by molar-refractivity contribution is -0.155. The van der Waals surface area contributed by atoms with Gasteiger partial charge in [-0.2, -0.15) is 0 Å². The van der Waals surface area contributed by atoms with Gasteiger partial charge in [0, 0.05) is 7.05 Å². The van der Waals surface area contributed by atoms with E-state index in [9.17, 15) is 19.1 Å². The molecular formula is C16H26NO6PS. The van der Waals surface area contributed by atoms with Crippen molar-refractivity contribution in [1.82, 2.24) is 5.06 Å². The smallest absolute Gasteiger partial charge is 0.342 e. The van der Waals surface area contributed by atoms with E-state index < -0.39 is 18.5 Å². The first kappa shape index (κ1) is 22.0. The van der Waals surface area contributed by atoms with Gasteiger partial charge >= 0.3 is 7.60 Å². The minimum absolute atomic E-state index is 0.238. The third-order valence-corrected chi connectivity index (χ3v) is 6.64. The van der Waals surface area contributed by atoms with E-state index in [0.717, 1.165) is 31.0 Å². The molecule has 1 amide bonds. The van der Waals surface area contributed by atoms with Crippen LogP contribution in [0.25, 0.3) is 0 Å². The summed E-state index contributed by atoms with van der Waals surface area (Å²) in [6.07, 6.45) is 4.40. The standard InChI is InChI=1S/C16H26NO6PS/c1-3-4-5-6-11-23-14-9-7-13(8-10-14)16(24(20,21)22)25-12-15(18)17(2)19/h7-10,16,19H,3-6,11-12H2,1-2H3,(H2,20,21,22)/t16-/m0/s1. The Bertz CT molecular complexity index is 574. The first-order valence-electron chi connectivity index (χ1n) is 8.10. The molecule has 3 N–H and O–H groups in total. The van der Waals surface area contributed by atoms with E-state index in [2.05, 4.69) is 6.92 Å². The number of hydrogen-bond donors (Lipinski definition) is 3. The predicted octanol–water partition coefficient (Wildman–Crippen LogP) is 3.40. The first-order chi connectivity index (χ1) is 11.8. The van der Waals surface area contributed by atoms with Gasteiger partial charge in [0.1, 0.15) is 10.7 Å². The normalized spacial score (nSPS) is 12.7. The highest BCUT2D eigenvalue weighted by Crippen LogP contribution is 2.58. The molecule has 1 atom stereocenters. The molecule has 0 saturated heterocycles. The second-order valence-electron chi connectivity index (χ2n) is 5.65. The summed E-state index contributed by atoms with van der Waals surface area (Å²) < 4.78 is 17.3. The number of thioether (sulfide) groups is 1. The van der Waals surface area contributed by atoms with Gasteiger partial charge in [0.05, 0.1) is 12.4 Å². The lowest BCUT2D eigenvalue weighted by atomic mass is 10.2. The molecule has 0 unspecified atom stereocenters. The Morgan fingerprint density at radius 3 is 2.40 bits per heavy atom. The molecule has 9 heteroatoms. The summed E-state index contributed by atoms with van der Waals surface area (Å²) in [6.45, 7) is 2.74. The van der Waals surface area contributed by atoms with Gasteiger partial charge in [-0.3, -0.25) is 14.6 Å². The van der Waals surface area contributed by atoms with Gasteiger partial charge in [-0.1, -0.05) is 38.3 Å². The van der Waals surface area contributed by atoms with Gasteiger partial charge < -0.3 is 14.5 Å². The summed E-state index contributed by atoms with van der Waals surface area (Å²) in [5.74, 6) is -0.227. The highest BCUT2D eigenvalue weighted by molar-refractivity contribution is 8.05. The van der Waals surface area contributed by atoms with E-state index in [0.29, 0.717) is 23.0 Å². The van der Waals surface area contributed by atoms with Crippen LogP contribution in [-0.4, -0.2) is 45.4 Å². The van der Waals surface area contributed by atoms with E-state index in [1.165, 1.54) is 13.5 Å². The molecule has 0 bridgehead atoms. The number of amides is 1. The van der Waals surface area contributed by atoms with Crippen LogP contribution in [0.15, 0.2) is 24.3 Å². The number of unbranched alkanes of at least 4 members (excludes halogenated alkanes) is 3. The number of ether oxygens (including phenoxy) is 1. The molecule has 0 aromatic heterocycles. The fourth-order valence-electron chi connectivity index (χ4n) is 2.08. The molecule has 0 fully saturated rings. The van der Waals surface area contributed by atoms with Crippen LogP contribution >= 0.6 is 19.4 Å². The second-order valence-corrected chi connectivity index (χ2v) is 8.79. The number of hydrogen-bond acceptors (Lipinski definition) is 5. The molecule has 7 nitrogen and oxygen atoms in total. The highest BCUT2D eigenvalue weighted by Gasteiger charge is 2.31. The summed E-state index contributed by atoms with van der Waals surface area (Å²) in [6, 6.07) is 6.51. The van der Waals surface area contributed by atoms with Crippen LogP contribution in [0.2, 0.25) is 0 Å². The molecule has 0 aliphatic carbocycles. The lowest BCUT2D eigenvalue weighted by Gasteiger charge is -2.19. The minimum atomic E-state index is -4.46. The van der Waals surface area contributed by atoms with E-state index >= 15 is 0 Å². The lowest BCUT2D eigenvalue weighted by Crippen LogP contribution is -2.24. The maximum absolute atomic E-state index is 11.7. The van der Waals surface area contributed by atoms with Crippen LogP contribution in [-0.2, 0) is 9.36 Å². The van der Waals surface area contributed by atoms with Crippen LogP contribution in [0.4, 0.5) is 0 Å². The fourth-order valence-corrected chi connectivity index (χ4v) is 4.48. The Labute approximate surface area is 152 Å². The Kier molecular flexibility index (Phi) is 9.53. The second kappa shape index (κ2) is 10.8. The SMILES string of the molecule is CCCCCCOc1ccc([C@H](SCC(=O)N(C)O)P(=O)(O)O)cc1. The van der Waals surface area contributed by atoms with Crippen LogP contribution in [0, 0.1) is 0 Å². The van der Waals surface area contributed by atoms with E-state index in [-0.39, 0.29) is 5.75 Å². The summed E-state index contributed by atoms with van der Waals surface area (Å²) in [7, 11) is -3.29. The van der Waals surface area contributed by atoms with E-state index in [1.807, 2.05) is 0 Å². The largest absolute Gasteiger partial charge is 0.494 e. The van der Waals surface area contributed by atoms with Crippen LogP contribution < -0.4 is 4.74 Å². The maximum atomic E-state index is 11.7. The van der Waals surface area contributed by atoms with Crippen molar-refractivity contribution >= 4 is 25.3 Å². The molecular weight excluding hydrogens is 365 g/mol. The third-order valence-electron chi connectivity index (χ3n) is 3.46. The maximum Gasteiger partial charge on any atom is 0.342 e. The summed E-state index contributed by atoms with van der Waals surface area (Å²) in [5.41, 5.74) is 0.407. The van der Waals surface area contributed by atoms with Crippen molar-refractivity contribution in [1.29, 1.82) is 0 Å². The summed E-state index contributed by atoms with van der Waals surface area (Å²) in [4.78, 5) is 29.4. The molecule has 0 heterocycles. The van der Waals surface area contributed by atoms with Crippen molar-refractivity contribution in [3.05, 3.63) is 29.8 Å². The van der Waals surface area contributed by atoms with Gasteiger partial charge in [-0.05, 0) is 24.1 Å². The third kappa shape index (κ3) is 8.25. The molecule has 1 aromatic carbocycles. The quantitative estimate of drug-likeness (QED) is 0.230. The topological polar surface area (TPSA) is 107 Å². The molecule has 25 heavy (non-hydrogen) atoms. The van der Waals surface area contributed by atoms with Gasteiger partial charge in [-0.25, -0.2) is 5.06 Å². The predicted molar refractivity (Wildman–Crippen MR) is 97.9 cm³/mol. The van der Waals surface area contributed by atoms with E-state index in [4.69, 9.17) is 9.94 Å². The van der Waals surface area contributed by atoms with Gasteiger partial charge in [0.2, 0.25) is 0 Å². The Morgan fingerprint density at radius 2 is 1.88 bits per heavy atom. The van der Waals surface area contributed by atoms with Crippen LogP contribution in [0.3, 0.4) is 0 Å². The molecule has 0 aliphatic heterocycles. The van der Waals surface area contributed by atoms with Crippen molar-refractivity contribution in [3.63, 3.8) is 0 Å². The average molecular weight is 391 g/mol. The first-order valence-corrected chi connectivity index (χ1v) is 10.8. The van der Waals surface area contributed by atoms with Crippen molar-refractivity contribution in [2.45, 2.75) is 37.6 Å². The van der Waals surface area contributed by atoms with Crippen molar-refractivity contribution in [3.8, 4) is 5.75 Å². The molecule has 0 aliphatic rings. The van der Waals surface area contributed by atoms with Gasteiger partial charge in [-0.15, -0.1) is 11.8 Å². The Morgan fingerprint density at radius 1 is 1.24 bits per heavy atom. The highest BCUT2D eigenvalue weighted by atomic mass is 32.2. The van der Waals surface area contributed by atoms with Crippen molar-refractivity contribution in [2.24, 2.45) is 0 Å². The zero-order valence-corrected chi connectivity index (χ0v) is 16.2. The number of nitrogens with zero attached hydrogens (tertiary/aromatic N) is 1. The van der Waals surface area contributed by atoms with Crippen molar-refractivity contribution in [2.75, 3.05) is 19.4 Å². The summed E-state index contributed by atoms with van der Waals surface area (Å²) in [5, 5.41) is 9.44. The Balaban J connectivity index is 2.67. The number of carbonyl (C=O) groups excluding carboxylic acids is 1. The minimum Gasteiger partial charge on any atom is -0.494 e. The molecule has 142 valence electrons. The van der Waals surface area contributed by atoms with Gasteiger partial charge in [0.25, 0.3) is 5.91 Å². The Hall–Kier alpha value is -1.05. The average Bonchev–Trinajstić information content (AvgIpc) is 2.54.